The third-order valence-electron chi connectivity index (χ3n) is 3.07. The zero-order valence-corrected chi connectivity index (χ0v) is 10.7. The second-order valence-corrected chi connectivity index (χ2v) is 6.08. The van der Waals surface area contributed by atoms with E-state index in [0.29, 0.717) is 24.4 Å². The molecule has 0 saturated carbocycles. The summed E-state index contributed by atoms with van der Waals surface area (Å²) in [7, 11) is -3.60. The Labute approximate surface area is 100 Å². The van der Waals surface area contributed by atoms with E-state index in [1.807, 2.05) is 0 Å². The first-order valence-electron chi connectivity index (χ1n) is 5.54. The van der Waals surface area contributed by atoms with E-state index in [-0.39, 0.29) is 17.5 Å². The summed E-state index contributed by atoms with van der Waals surface area (Å²) in [5, 5.41) is 12.9. The predicted molar refractivity (Wildman–Crippen MR) is 60.0 cm³/mol. The van der Waals surface area contributed by atoms with Gasteiger partial charge in [-0.1, -0.05) is 5.16 Å². The highest BCUT2D eigenvalue weighted by molar-refractivity contribution is 7.89. The lowest BCUT2D eigenvalue weighted by Gasteiger charge is -2.21. The normalized spacial score (nSPS) is 22.2. The summed E-state index contributed by atoms with van der Waals surface area (Å²) in [5.74, 6) is 0.297. The van der Waals surface area contributed by atoms with Gasteiger partial charge in [-0.05, 0) is 26.7 Å². The summed E-state index contributed by atoms with van der Waals surface area (Å²) < 4.78 is 31.1. The molecular formula is C10H16N2O4S. The van der Waals surface area contributed by atoms with Crippen LogP contribution in [0.15, 0.2) is 9.42 Å². The molecule has 1 aliphatic heterocycles. The molecular weight excluding hydrogens is 244 g/mol. The van der Waals surface area contributed by atoms with Crippen molar-refractivity contribution in [2.75, 3.05) is 13.2 Å². The summed E-state index contributed by atoms with van der Waals surface area (Å²) in [6, 6.07) is -0.325. The van der Waals surface area contributed by atoms with Gasteiger partial charge >= 0.3 is 0 Å². The largest absolute Gasteiger partial charge is 0.395 e. The predicted octanol–water partition coefficient (Wildman–Crippen LogP) is 0.437. The van der Waals surface area contributed by atoms with Gasteiger partial charge in [-0.3, -0.25) is 0 Å². The van der Waals surface area contributed by atoms with Gasteiger partial charge in [0, 0.05) is 12.6 Å². The van der Waals surface area contributed by atoms with Gasteiger partial charge in [-0.2, -0.15) is 4.31 Å². The molecule has 0 aromatic carbocycles. The average molecular weight is 260 g/mol. The molecule has 0 bridgehead atoms. The van der Waals surface area contributed by atoms with Crippen LogP contribution in [0.1, 0.15) is 24.3 Å². The fourth-order valence-corrected chi connectivity index (χ4v) is 4.25. The van der Waals surface area contributed by atoms with Crippen molar-refractivity contribution in [1.82, 2.24) is 9.46 Å². The minimum absolute atomic E-state index is 0.137. The van der Waals surface area contributed by atoms with Crippen molar-refractivity contribution in [3.8, 4) is 0 Å². The molecule has 1 saturated heterocycles. The first kappa shape index (κ1) is 12.5. The Hall–Kier alpha value is -0.920. The van der Waals surface area contributed by atoms with Gasteiger partial charge in [-0.25, -0.2) is 8.42 Å². The molecule has 6 nitrogen and oxygen atoms in total. The number of hydrogen-bond acceptors (Lipinski definition) is 5. The minimum atomic E-state index is -3.60. The molecule has 0 spiro atoms. The molecule has 0 amide bonds. The summed E-state index contributed by atoms with van der Waals surface area (Å²) >= 11 is 0. The maximum Gasteiger partial charge on any atom is 0.248 e. The van der Waals surface area contributed by atoms with Gasteiger partial charge in [0.25, 0.3) is 0 Å². The number of aliphatic hydroxyl groups is 1. The lowest BCUT2D eigenvalue weighted by atomic mass is 10.2. The van der Waals surface area contributed by atoms with Gasteiger partial charge in [0.2, 0.25) is 10.0 Å². The molecule has 96 valence electrons. The van der Waals surface area contributed by atoms with Gasteiger partial charge in [0.05, 0.1) is 6.61 Å². The fraction of sp³-hybridized carbons (Fsp3) is 0.700. The number of nitrogens with zero attached hydrogens (tertiary/aromatic N) is 2. The van der Waals surface area contributed by atoms with Crippen molar-refractivity contribution in [2.24, 2.45) is 0 Å². The first-order valence-corrected chi connectivity index (χ1v) is 6.98. The van der Waals surface area contributed by atoms with E-state index < -0.39 is 10.0 Å². The Morgan fingerprint density at radius 1 is 1.53 bits per heavy atom. The maximum atomic E-state index is 12.4. The molecule has 1 aromatic heterocycles. The van der Waals surface area contributed by atoms with Crippen LogP contribution in [-0.2, 0) is 10.0 Å². The minimum Gasteiger partial charge on any atom is -0.395 e. The van der Waals surface area contributed by atoms with Crippen molar-refractivity contribution < 1.29 is 18.0 Å². The van der Waals surface area contributed by atoms with Crippen LogP contribution in [0, 0.1) is 13.8 Å². The third kappa shape index (κ3) is 1.98. The van der Waals surface area contributed by atoms with Crippen LogP contribution in [0.2, 0.25) is 0 Å². The standard InChI is InChI=1S/C10H16N2O4S/c1-7-10(8(2)16-11-7)17(14,15)12-5-3-4-9(12)6-13/h9,13H,3-6H2,1-2H3/t9-/m1/s1. The van der Waals surface area contributed by atoms with Crippen LogP contribution in [0.25, 0.3) is 0 Å². The summed E-state index contributed by atoms with van der Waals surface area (Å²) in [6.45, 7) is 3.48. The quantitative estimate of drug-likeness (QED) is 0.852. The molecule has 7 heteroatoms. The summed E-state index contributed by atoms with van der Waals surface area (Å²) in [6.07, 6.45) is 1.47. The lowest BCUT2D eigenvalue weighted by Crippen LogP contribution is -2.38. The smallest absolute Gasteiger partial charge is 0.248 e. The molecule has 17 heavy (non-hydrogen) atoms. The van der Waals surface area contributed by atoms with Gasteiger partial charge < -0.3 is 9.63 Å². The van der Waals surface area contributed by atoms with Crippen LogP contribution in [0.3, 0.4) is 0 Å². The Kier molecular flexibility index (Phi) is 3.24. The van der Waals surface area contributed by atoms with E-state index in [1.54, 1.807) is 13.8 Å². The van der Waals surface area contributed by atoms with Crippen LogP contribution in [0.5, 0.6) is 0 Å². The van der Waals surface area contributed by atoms with Gasteiger partial charge in [0.15, 0.2) is 5.76 Å². The van der Waals surface area contributed by atoms with E-state index >= 15 is 0 Å². The average Bonchev–Trinajstić information content (AvgIpc) is 2.85. The van der Waals surface area contributed by atoms with E-state index in [2.05, 4.69) is 5.16 Å². The Bertz CT molecular complexity index is 489. The van der Waals surface area contributed by atoms with Crippen molar-refractivity contribution in [3.05, 3.63) is 11.5 Å². The highest BCUT2D eigenvalue weighted by Crippen LogP contribution is 2.29. The van der Waals surface area contributed by atoms with Crippen molar-refractivity contribution in [3.63, 3.8) is 0 Å². The Balaban J connectivity index is 2.43. The van der Waals surface area contributed by atoms with Gasteiger partial charge in [0.1, 0.15) is 10.6 Å². The molecule has 2 rings (SSSR count). The summed E-state index contributed by atoms with van der Waals surface area (Å²) in [5.41, 5.74) is 0.367. The molecule has 1 atom stereocenters. The Morgan fingerprint density at radius 3 is 2.76 bits per heavy atom. The van der Waals surface area contributed by atoms with Gasteiger partial charge in [-0.15, -0.1) is 0 Å². The second-order valence-electron chi connectivity index (χ2n) is 4.25. The van der Waals surface area contributed by atoms with Crippen LogP contribution < -0.4 is 0 Å². The van der Waals surface area contributed by atoms with E-state index in [0.717, 1.165) is 6.42 Å². The number of aliphatic hydroxyl groups excluding tert-OH is 1. The molecule has 0 unspecified atom stereocenters. The highest BCUT2D eigenvalue weighted by Gasteiger charge is 2.38. The van der Waals surface area contributed by atoms with Crippen molar-refractivity contribution >= 4 is 10.0 Å². The SMILES string of the molecule is Cc1noc(C)c1S(=O)(=O)N1CCC[C@@H]1CO. The second kappa shape index (κ2) is 4.40. The summed E-state index contributed by atoms with van der Waals surface area (Å²) in [4.78, 5) is 0.137. The van der Waals surface area contributed by atoms with Crippen molar-refractivity contribution in [1.29, 1.82) is 0 Å². The monoisotopic (exact) mass is 260 g/mol. The topological polar surface area (TPSA) is 83.6 Å². The first-order chi connectivity index (χ1) is 7.98. The number of aryl methyl sites for hydroxylation is 2. The number of aromatic nitrogens is 1. The highest BCUT2D eigenvalue weighted by atomic mass is 32.2. The maximum absolute atomic E-state index is 12.4. The zero-order chi connectivity index (χ0) is 12.6. The number of hydrogen-bond donors (Lipinski definition) is 1. The third-order valence-corrected chi connectivity index (χ3v) is 5.27. The zero-order valence-electron chi connectivity index (χ0n) is 9.88. The Morgan fingerprint density at radius 2 is 2.24 bits per heavy atom. The van der Waals surface area contributed by atoms with Crippen LogP contribution in [-0.4, -0.2) is 42.2 Å². The lowest BCUT2D eigenvalue weighted by molar-refractivity contribution is 0.213. The number of rotatable bonds is 3. The van der Waals surface area contributed by atoms with Crippen LogP contribution in [0.4, 0.5) is 0 Å². The molecule has 0 radical (unpaired) electrons. The molecule has 1 N–H and O–H groups in total. The molecule has 1 fully saturated rings. The van der Waals surface area contributed by atoms with E-state index in [1.165, 1.54) is 4.31 Å². The number of sulfonamides is 1. The molecule has 2 heterocycles. The van der Waals surface area contributed by atoms with E-state index in [9.17, 15) is 13.5 Å². The van der Waals surface area contributed by atoms with Crippen LogP contribution >= 0.6 is 0 Å². The molecule has 1 aromatic rings. The molecule has 1 aliphatic rings. The fourth-order valence-electron chi connectivity index (χ4n) is 2.27. The molecule has 0 aliphatic carbocycles. The van der Waals surface area contributed by atoms with E-state index in [4.69, 9.17) is 4.52 Å². The van der Waals surface area contributed by atoms with Crippen molar-refractivity contribution in [2.45, 2.75) is 37.6 Å².